The molecule has 0 radical (unpaired) electrons. The van der Waals surface area contributed by atoms with E-state index < -0.39 is 8.45 Å². The van der Waals surface area contributed by atoms with E-state index >= 15 is 0 Å². The fourth-order valence-electron chi connectivity index (χ4n) is 1.48. The molecule has 1 heterocycles. The molecule has 0 amide bonds. The van der Waals surface area contributed by atoms with Crippen LogP contribution in [0.15, 0.2) is 0 Å². The maximum atomic E-state index is 5.78. The Bertz CT molecular complexity index is 161. The van der Waals surface area contributed by atoms with Crippen LogP contribution in [-0.2, 0) is 4.52 Å². The highest BCUT2D eigenvalue weighted by Crippen LogP contribution is 2.48. The predicted molar refractivity (Wildman–Crippen MR) is 53.0 cm³/mol. The molecule has 0 bridgehead atoms. The smallest absolute Gasteiger partial charge is 0.187 e. The van der Waals surface area contributed by atoms with Crippen molar-refractivity contribution in [1.29, 1.82) is 0 Å². The van der Waals surface area contributed by atoms with Gasteiger partial charge in [0.2, 0.25) is 0 Å². The molecule has 1 saturated heterocycles. The lowest BCUT2D eigenvalue weighted by atomic mass is 9.95. The van der Waals surface area contributed by atoms with Gasteiger partial charge in [-0.25, -0.2) is 4.67 Å². The summed E-state index contributed by atoms with van der Waals surface area (Å²) in [7, 11) is 5.79. The number of nitrogens with zero attached hydrogens (tertiary/aromatic N) is 2. The van der Waals surface area contributed by atoms with E-state index in [0.717, 1.165) is 13.2 Å². The van der Waals surface area contributed by atoms with Crippen molar-refractivity contribution in [1.82, 2.24) is 9.34 Å². The summed E-state index contributed by atoms with van der Waals surface area (Å²) in [6.45, 7) is 6.48. The first-order valence-electron chi connectivity index (χ1n) is 4.24. The summed E-state index contributed by atoms with van der Waals surface area (Å²) in [4.78, 5) is 0. The fourth-order valence-corrected chi connectivity index (χ4v) is 3.49. The van der Waals surface area contributed by atoms with Gasteiger partial charge in [-0.05, 0) is 21.1 Å². The van der Waals surface area contributed by atoms with E-state index in [1.807, 2.05) is 0 Å². The molecule has 1 rings (SSSR count). The summed E-state index contributed by atoms with van der Waals surface area (Å²) in [5.41, 5.74) is 0.309. The van der Waals surface area contributed by atoms with Crippen LogP contribution in [0.3, 0.4) is 0 Å². The third-order valence-corrected chi connectivity index (χ3v) is 3.63. The van der Waals surface area contributed by atoms with Gasteiger partial charge in [-0.15, -0.1) is 0 Å². The second-order valence-electron chi connectivity index (χ2n) is 4.35. The van der Waals surface area contributed by atoms with Crippen molar-refractivity contribution in [2.45, 2.75) is 13.8 Å². The van der Waals surface area contributed by atoms with E-state index in [0.29, 0.717) is 5.41 Å². The minimum Gasteiger partial charge on any atom is -0.331 e. The van der Waals surface area contributed by atoms with Crippen LogP contribution in [0.1, 0.15) is 13.8 Å². The Morgan fingerprint density at radius 3 is 2.42 bits per heavy atom. The second-order valence-corrected chi connectivity index (χ2v) is 6.60. The number of hydrogen-bond donors (Lipinski definition) is 0. The van der Waals surface area contributed by atoms with Crippen LogP contribution in [0.25, 0.3) is 0 Å². The minimum absolute atomic E-state index is 0.309. The third kappa shape index (κ3) is 2.40. The van der Waals surface area contributed by atoms with Crippen LogP contribution in [0.5, 0.6) is 0 Å². The molecule has 12 heavy (non-hydrogen) atoms. The fraction of sp³-hybridized carbons (Fsp3) is 1.00. The van der Waals surface area contributed by atoms with Crippen molar-refractivity contribution in [3.05, 3.63) is 0 Å². The summed E-state index contributed by atoms with van der Waals surface area (Å²) in [6, 6.07) is 0. The van der Waals surface area contributed by atoms with Gasteiger partial charge in [0.25, 0.3) is 0 Å². The lowest BCUT2D eigenvalue weighted by molar-refractivity contribution is 0.112. The van der Waals surface area contributed by atoms with E-state index in [1.54, 1.807) is 0 Å². The minimum atomic E-state index is -0.484. The van der Waals surface area contributed by atoms with E-state index in [2.05, 4.69) is 44.3 Å². The highest BCUT2D eigenvalue weighted by molar-refractivity contribution is 7.47. The van der Waals surface area contributed by atoms with Crippen LogP contribution >= 0.6 is 8.45 Å². The highest BCUT2D eigenvalue weighted by atomic mass is 31.2. The van der Waals surface area contributed by atoms with Gasteiger partial charge in [0.15, 0.2) is 8.45 Å². The summed E-state index contributed by atoms with van der Waals surface area (Å²) in [5, 5.41) is 0. The first-order chi connectivity index (χ1) is 5.42. The Kier molecular flexibility index (Phi) is 3.11. The molecule has 1 fully saturated rings. The van der Waals surface area contributed by atoms with Crippen molar-refractivity contribution < 1.29 is 4.52 Å². The Balaban J connectivity index is 2.54. The monoisotopic (exact) mass is 190 g/mol. The van der Waals surface area contributed by atoms with Crippen molar-refractivity contribution in [2.75, 3.05) is 34.3 Å². The molecule has 1 aliphatic rings. The normalized spacial score (nSPS) is 31.0. The summed E-state index contributed by atoms with van der Waals surface area (Å²) in [5.74, 6) is 0. The summed E-state index contributed by atoms with van der Waals surface area (Å²) < 4.78 is 10.2. The second kappa shape index (κ2) is 3.59. The average Bonchev–Trinajstić information content (AvgIpc) is 1.83. The molecule has 3 nitrogen and oxygen atoms in total. The Labute approximate surface area is 76.6 Å². The van der Waals surface area contributed by atoms with Crippen LogP contribution in [-0.4, -0.2) is 43.6 Å². The molecule has 0 aliphatic carbocycles. The standard InChI is InChI=1S/C8H19N2OP/c1-8(2)6-10(5)12(9(3)4)11-7-8/h6-7H2,1-5H3. The van der Waals surface area contributed by atoms with E-state index in [-0.39, 0.29) is 0 Å². The van der Waals surface area contributed by atoms with Gasteiger partial charge in [0, 0.05) is 12.0 Å². The van der Waals surface area contributed by atoms with Gasteiger partial charge in [-0.3, -0.25) is 4.67 Å². The molecular weight excluding hydrogens is 171 g/mol. The predicted octanol–water partition coefficient (Wildman–Crippen LogP) is 1.76. The molecule has 1 unspecified atom stereocenters. The first-order valence-corrected chi connectivity index (χ1v) is 5.40. The van der Waals surface area contributed by atoms with Gasteiger partial charge in [-0.1, -0.05) is 13.8 Å². The molecule has 0 aromatic heterocycles. The zero-order valence-corrected chi connectivity index (χ0v) is 9.56. The average molecular weight is 190 g/mol. The van der Waals surface area contributed by atoms with Crippen LogP contribution in [0.2, 0.25) is 0 Å². The number of rotatable bonds is 1. The van der Waals surface area contributed by atoms with Gasteiger partial charge in [0.1, 0.15) is 0 Å². The van der Waals surface area contributed by atoms with Crippen molar-refractivity contribution in [3.8, 4) is 0 Å². The van der Waals surface area contributed by atoms with E-state index in [9.17, 15) is 0 Å². The van der Waals surface area contributed by atoms with E-state index in [4.69, 9.17) is 4.52 Å². The zero-order chi connectivity index (χ0) is 9.35. The molecule has 0 N–H and O–H groups in total. The van der Waals surface area contributed by atoms with Gasteiger partial charge < -0.3 is 4.52 Å². The van der Waals surface area contributed by atoms with Gasteiger partial charge in [-0.2, -0.15) is 0 Å². The maximum Gasteiger partial charge on any atom is 0.187 e. The highest BCUT2D eigenvalue weighted by Gasteiger charge is 2.33. The lowest BCUT2D eigenvalue weighted by Gasteiger charge is -2.42. The third-order valence-electron chi connectivity index (χ3n) is 1.86. The molecule has 0 spiro atoms. The maximum absolute atomic E-state index is 5.78. The molecule has 72 valence electrons. The van der Waals surface area contributed by atoms with Crippen molar-refractivity contribution >= 4 is 8.45 Å². The van der Waals surface area contributed by atoms with Crippen LogP contribution < -0.4 is 0 Å². The SMILES string of the molecule is CN(C)P1OCC(C)(C)CN1C. The first kappa shape index (κ1) is 10.4. The van der Waals surface area contributed by atoms with Crippen molar-refractivity contribution in [3.63, 3.8) is 0 Å². The quantitative estimate of drug-likeness (QED) is 0.586. The van der Waals surface area contributed by atoms with Crippen molar-refractivity contribution in [2.24, 2.45) is 5.41 Å². The molecule has 0 aromatic carbocycles. The lowest BCUT2D eigenvalue weighted by Crippen LogP contribution is -2.39. The summed E-state index contributed by atoms with van der Waals surface area (Å²) >= 11 is 0. The number of hydrogen-bond acceptors (Lipinski definition) is 3. The van der Waals surface area contributed by atoms with Gasteiger partial charge in [0.05, 0.1) is 6.61 Å². The zero-order valence-electron chi connectivity index (χ0n) is 8.66. The molecule has 0 saturated carbocycles. The van der Waals surface area contributed by atoms with Crippen LogP contribution in [0.4, 0.5) is 0 Å². The van der Waals surface area contributed by atoms with Gasteiger partial charge >= 0.3 is 0 Å². The largest absolute Gasteiger partial charge is 0.331 e. The van der Waals surface area contributed by atoms with E-state index in [1.165, 1.54) is 0 Å². The topological polar surface area (TPSA) is 15.7 Å². The Morgan fingerprint density at radius 1 is 1.42 bits per heavy atom. The molecule has 4 heteroatoms. The Morgan fingerprint density at radius 2 is 2.00 bits per heavy atom. The molecule has 0 aromatic rings. The van der Waals surface area contributed by atoms with Crippen LogP contribution in [0, 0.1) is 5.41 Å². The molecular formula is C8H19N2OP. The Hall–Kier alpha value is 0.310. The summed E-state index contributed by atoms with van der Waals surface area (Å²) in [6.07, 6.45) is 0. The molecule has 1 atom stereocenters. The molecule has 1 aliphatic heterocycles.